The van der Waals surface area contributed by atoms with Crippen LogP contribution in [0, 0.1) is 5.92 Å². The molecule has 0 bridgehead atoms. The summed E-state index contributed by atoms with van der Waals surface area (Å²) >= 11 is 0. The van der Waals surface area contributed by atoms with Crippen molar-refractivity contribution in [1.82, 2.24) is 14.9 Å². The predicted molar refractivity (Wildman–Crippen MR) is 73.2 cm³/mol. The minimum absolute atomic E-state index is 0.0809. The van der Waals surface area contributed by atoms with Crippen LogP contribution in [0.1, 0.15) is 26.2 Å². The van der Waals surface area contributed by atoms with Gasteiger partial charge in [-0.25, -0.2) is 12.7 Å². The number of piperidine rings is 1. The molecular formula is C12H23N3O3S. The van der Waals surface area contributed by atoms with Crippen molar-refractivity contribution in [3.63, 3.8) is 0 Å². The second-order valence-electron chi connectivity index (χ2n) is 5.27. The van der Waals surface area contributed by atoms with Crippen molar-refractivity contribution >= 4 is 15.9 Å². The summed E-state index contributed by atoms with van der Waals surface area (Å²) in [5.74, 6) is 0.344. The number of sulfonamides is 1. The van der Waals surface area contributed by atoms with Crippen molar-refractivity contribution in [3.05, 3.63) is 0 Å². The van der Waals surface area contributed by atoms with Gasteiger partial charge in [-0.05, 0) is 32.7 Å². The van der Waals surface area contributed by atoms with Gasteiger partial charge in [0.25, 0.3) is 0 Å². The number of carbonyl (C=O) groups excluding carboxylic acids is 1. The fourth-order valence-corrected chi connectivity index (χ4v) is 3.79. The Labute approximate surface area is 115 Å². The molecule has 2 N–H and O–H groups in total. The molecule has 0 saturated carbocycles. The van der Waals surface area contributed by atoms with E-state index in [4.69, 9.17) is 0 Å². The molecule has 0 aliphatic carbocycles. The van der Waals surface area contributed by atoms with E-state index in [1.807, 2.05) is 0 Å². The second-order valence-corrected chi connectivity index (χ2v) is 7.53. The molecule has 0 aromatic rings. The molecule has 1 atom stereocenters. The van der Waals surface area contributed by atoms with Crippen LogP contribution in [0.15, 0.2) is 0 Å². The Morgan fingerprint density at radius 3 is 2.53 bits per heavy atom. The molecule has 2 rings (SSSR count). The molecule has 0 aromatic heterocycles. The van der Waals surface area contributed by atoms with Gasteiger partial charge in [-0.1, -0.05) is 0 Å². The molecule has 1 amide bonds. The first-order valence-corrected chi connectivity index (χ1v) is 8.62. The first-order chi connectivity index (χ1) is 9.03. The summed E-state index contributed by atoms with van der Waals surface area (Å²) < 4.78 is 25.0. The Morgan fingerprint density at radius 1 is 1.32 bits per heavy atom. The van der Waals surface area contributed by atoms with Gasteiger partial charge in [0.1, 0.15) is 0 Å². The van der Waals surface area contributed by atoms with Gasteiger partial charge in [-0.15, -0.1) is 0 Å². The maximum atomic E-state index is 12.0. The molecule has 19 heavy (non-hydrogen) atoms. The molecule has 2 aliphatic heterocycles. The number of hydrogen-bond acceptors (Lipinski definition) is 4. The molecular weight excluding hydrogens is 266 g/mol. The molecule has 6 nitrogen and oxygen atoms in total. The Balaban J connectivity index is 1.78. The van der Waals surface area contributed by atoms with Gasteiger partial charge in [0.05, 0.1) is 11.7 Å². The number of amides is 1. The van der Waals surface area contributed by atoms with Gasteiger partial charge in [0, 0.05) is 25.7 Å². The normalized spacial score (nSPS) is 26.5. The van der Waals surface area contributed by atoms with E-state index in [0.29, 0.717) is 25.9 Å². The number of rotatable bonds is 4. The summed E-state index contributed by atoms with van der Waals surface area (Å²) in [5.41, 5.74) is 0. The summed E-state index contributed by atoms with van der Waals surface area (Å²) in [4.78, 5) is 12.0. The first-order valence-electron chi connectivity index (χ1n) is 7.02. The highest BCUT2D eigenvalue weighted by Crippen LogP contribution is 2.16. The Kier molecular flexibility index (Phi) is 4.81. The van der Waals surface area contributed by atoms with Crippen molar-refractivity contribution in [3.8, 4) is 0 Å². The van der Waals surface area contributed by atoms with E-state index in [9.17, 15) is 13.2 Å². The number of carbonyl (C=O) groups is 1. The Bertz CT molecular complexity index is 410. The summed E-state index contributed by atoms with van der Waals surface area (Å²) in [5, 5.41) is 6.23. The van der Waals surface area contributed by atoms with Crippen LogP contribution in [0.4, 0.5) is 0 Å². The highest BCUT2D eigenvalue weighted by Gasteiger charge is 2.29. The summed E-state index contributed by atoms with van der Waals surface area (Å²) in [7, 11) is -3.08. The number of nitrogens with zero attached hydrogens (tertiary/aromatic N) is 1. The molecule has 0 aromatic carbocycles. The monoisotopic (exact) mass is 289 g/mol. The summed E-state index contributed by atoms with van der Waals surface area (Å²) in [6.45, 7) is 4.37. The van der Waals surface area contributed by atoms with Crippen LogP contribution in [-0.2, 0) is 14.8 Å². The molecule has 110 valence electrons. The number of nitrogens with one attached hydrogen (secondary N) is 2. The average Bonchev–Trinajstić information content (AvgIpc) is 2.93. The minimum Gasteiger partial charge on any atom is -0.353 e. The topological polar surface area (TPSA) is 78.5 Å². The van der Waals surface area contributed by atoms with E-state index in [0.717, 1.165) is 19.5 Å². The smallest absolute Gasteiger partial charge is 0.224 e. The average molecular weight is 289 g/mol. The SMILES string of the molecule is CCS(=O)(=O)N1CCC(NC(=O)C2CCNC2)CC1. The van der Waals surface area contributed by atoms with Crippen molar-refractivity contribution in [2.45, 2.75) is 32.2 Å². The lowest BCUT2D eigenvalue weighted by Gasteiger charge is -2.31. The van der Waals surface area contributed by atoms with Crippen molar-refractivity contribution in [2.24, 2.45) is 5.92 Å². The Morgan fingerprint density at radius 2 is 2.00 bits per heavy atom. The van der Waals surface area contributed by atoms with Crippen LogP contribution in [0.25, 0.3) is 0 Å². The van der Waals surface area contributed by atoms with E-state index in [1.165, 1.54) is 4.31 Å². The molecule has 7 heteroatoms. The van der Waals surface area contributed by atoms with Crippen LogP contribution in [0.2, 0.25) is 0 Å². The van der Waals surface area contributed by atoms with Gasteiger partial charge in [0.15, 0.2) is 0 Å². The number of hydrogen-bond donors (Lipinski definition) is 2. The van der Waals surface area contributed by atoms with Gasteiger partial charge in [-0.2, -0.15) is 0 Å². The zero-order chi connectivity index (χ0) is 13.9. The highest BCUT2D eigenvalue weighted by molar-refractivity contribution is 7.89. The first kappa shape index (κ1) is 14.7. The van der Waals surface area contributed by atoms with Gasteiger partial charge < -0.3 is 10.6 Å². The lowest BCUT2D eigenvalue weighted by atomic mass is 10.0. The molecule has 0 spiro atoms. The van der Waals surface area contributed by atoms with Gasteiger partial charge >= 0.3 is 0 Å². The van der Waals surface area contributed by atoms with Crippen LogP contribution in [-0.4, -0.2) is 56.6 Å². The van der Waals surface area contributed by atoms with E-state index in [1.54, 1.807) is 6.92 Å². The van der Waals surface area contributed by atoms with Crippen LogP contribution >= 0.6 is 0 Å². The van der Waals surface area contributed by atoms with Crippen LogP contribution in [0.3, 0.4) is 0 Å². The van der Waals surface area contributed by atoms with E-state index < -0.39 is 10.0 Å². The van der Waals surface area contributed by atoms with Crippen molar-refractivity contribution in [1.29, 1.82) is 0 Å². The molecule has 2 saturated heterocycles. The Hall–Kier alpha value is -0.660. The second kappa shape index (κ2) is 6.19. The van der Waals surface area contributed by atoms with Crippen molar-refractivity contribution < 1.29 is 13.2 Å². The standard InChI is InChI=1S/C12H23N3O3S/c1-2-19(17,18)15-7-4-11(5-8-15)14-12(16)10-3-6-13-9-10/h10-11,13H,2-9H2,1H3,(H,14,16). The zero-order valence-corrected chi connectivity index (χ0v) is 12.2. The molecule has 2 heterocycles. The predicted octanol–water partition coefficient (Wildman–Crippen LogP) is -0.474. The molecule has 2 aliphatic rings. The quantitative estimate of drug-likeness (QED) is 0.733. The maximum Gasteiger partial charge on any atom is 0.224 e. The lowest BCUT2D eigenvalue weighted by Crippen LogP contribution is -2.48. The van der Waals surface area contributed by atoms with Crippen LogP contribution in [0.5, 0.6) is 0 Å². The van der Waals surface area contributed by atoms with Gasteiger partial charge in [-0.3, -0.25) is 4.79 Å². The molecule has 2 fully saturated rings. The lowest BCUT2D eigenvalue weighted by molar-refractivity contribution is -0.125. The van der Waals surface area contributed by atoms with Crippen LogP contribution < -0.4 is 10.6 Å². The van der Waals surface area contributed by atoms with E-state index >= 15 is 0 Å². The zero-order valence-electron chi connectivity index (χ0n) is 11.4. The third-order valence-electron chi connectivity index (χ3n) is 3.99. The van der Waals surface area contributed by atoms with Crippen molar-refractivity contribution in [2.75, 3.05) is 31.9 Å². The third kappa shape index (κ3) is 3.67. The van der Waals surface area contributed by atoms with Gasteiger partial charge in [0.2, 0.25) is 15.9 Å². The van der Waals surface area contributed by atoms with E-state index in [2.05, 4.69) is 10.6 Å². The maximum absolute atomic E-state index is 12.0. The summed E-state index contributed by atoms with van der Waals surface area (Å²) in [6, 6.07) is 0.122. The highest BCUT2D eigenvalue weighted by atomic mass is 32.2. The largest absolute Gasteiger partial charge is 0.353 e. The molecule has 0 radical (unpaired) electrons. The summed E-state index contributed by atoms with van der Waals surface area (Å²) in [6.07, 6.45) is 2.32. The fourth-order valence-electron chi connectivity index (χ4n) is 2.66. The fraction of sp³-hybridized carbons (Fsp3) is 0.917. The third-order valence-corrected chi connectivity index (χ3v) is 5.87. The van der Waals surface area contributed by atoms with E-state index in [-0.39, 0.29) is 23.6 Å². The molecule has 1 unspecified atom stereocenters. The minimum atomic E-state index is -3.08.